The Balaban J connectivity index is 1.97. The van der Waals surface area contributed by atoms with Gasteiger partial charge in [-0.3, -0.25) is 0 Å². The molecule has 0 spiro atoms. The van der Waals surface area contributed by atoms with Gasteiger partial charge in [-0.05, 0) is 12.1 Å². The number of carbonyl (C=O) groups is 1. The molecule has 1 fully saturated rings. The zero-order chi connectivity index (χ0) is 16.4. The first-order valence-electron chi connectivity index (χ1n) is 6.30. The van der Waals surface area contributed by atoms with Crippen LogP contribution in [-0.2, 0) is 19.7 Å². The third-order valence-corrected chi connectivity index (χ3v) is 4.93. The Morgan fingerprint density at radius 1 is 1.05 bits per heavy atom. The van der Waals surface area contributed by atoms with Gasteiger partial charge in [-0.1, -0.05) is 18.2 Å². The fourth-order valence-corrected chi connectivity index (χ4v) is 3.36. The van der Waals surface area contributed by atoms with Gasteiger partial charge in [0.1, 0.15) is 0 Å². The lowest BCUT2D eigenvalue weighted by Crippen LogP contribution is -2.50. The zero-order valence-corrected chi connectivity index (χ0v) is 12.1. The van der Waals surface area contributed by atoms with Gasteiger partial charge >= 0.3 is 12.1 Å². The van der Waals surface area contributed by atoms with E-state index in [0.29, 0.717) is 0 Å². The Bertz CT molecular complexity index is 626. The maximum absolute atomic E-state index is 12.3. The zero-order valence-electron chi connectivity index (χ0n) is 11.3. The van der Waals surface area contributed by atoms with Gasteiger partial charge in [0.25, 0.3) is 0 Å². The quantitative estimate of drug-likeness (QED) is 0.823. The summed E-state index contributed by atoms with van der Waals surface area (Å²) in [7, 11) is -3.70. The first-order chi connectivity index (χ1) is 10.2. The number of halogens is 3. The molecule has 1 aromatic rings. The summed E-state index contributed by atoms with van der Waals surface area (Å²) in [4.78, 5) is 15.0. The Kier molecular flexibility index (Phi) is 4.73. The van der Waals surface area contributed by atoms with Crippen molar-refractivity contribution in [3.63, 3.8) is 0 Å². The summed E-state index contributed by atoms with van der Waals surface area (Å²) >= 11 is 0. The fraction of sp³-hybridized carbons (Fsp3) is 0.417. The molecule has 0 N–H and O–H groups in total. The lowest BCUT2D eigenvalue weighted by Gasteiger charge is -2.32. The normalized spacial score (nSPS) is 18.1. The minimum Gasteiger partial charge on any atom is -0.361 e. The Morgan fingerprint density at radius 3 is 2.09 bits per heavy atom. The predicted molar refractivity (Wildman–Crippen MR) is 68.9 cm³/mol. The summed E-state index contributed by atoms with van der Waals surface area (Å²) in [6.07, 6.45) is -5.08. The molecule has 22 heavy (non-hydrogen) atoms. The van der Waals surface area contributed by atoms with Crippen molar-refractivity contribution >= 4 is 16.0 Å². The molecule has 1 aliphatic rings. The molecule has 1 aromatic carbocycles. The molecule has 0 radical (unpaired) electrons. The summed E-state index contributed by atoms with van der Waals surface area (Å²) in [6, 6.07) is 7.70. The van der Waals surface area contributed by atoms with Crippen LogP contribution in [0.1, 0.15) is 0 Å². The molecule has 0 aliphatic carbocycles. The average Bonchev–Trinajstić information content (AvgIpc) is 2.48. The van der Waals surface area contributed by atoms with E-state index in [-0.39, 0.29) is 31.1 Å². The number of alkyl halides is 3. The van der Waals surface area contributed by atoms with Crippen molar-refractivity contribution in [2.45, 2.75) is 11.1 Å². The van der Waals surface area contributed by atoms with Crippen LogP contribution in [0.3, 0.4) is 0 Å². The summed E-state index contributed by atoms with van der Waals surface area (Å²) in [5.74, 6) is -2.31. The van der Waals surface area contributed by atoms with E-state index in [1.165, 1.54) is 12.1 Å². The van der Waals surface area contributed by atoms with Crippen LogP contribution in [0, 0.1) is 0 Å². The van der Waals surface area contributed by atoms with Crippen molar-refractivity contribution in [1.82, 2.24) is 9.37 Å². The minimum atomic E-state index is -5.08. The molecule has 0 atom stereocenters. The number of benzene rings is 1. The molecule has 10 heteroatoms. The summed E-state index contributed by atoms with van der Waals surface area (Å²) < 4.78 is 62.0. The minimum absolute atomic E-state index is 0.0671. The fourth-order valence-electron chi connectivity index (χ4n) is 1.91. The molecular weight excluding hydrogens is 325 g/mol. The van der Waals surface area contributed by atoms with E-state index < -0.39 is 22.2 Å². The topological polar surface area (TPSA) is 66.9 Å². The summed E-state index contributed by atoms with van der Waals surface area (Å²) in [5.41, 5.74) is 0. The SMILES string of the molecule is O=C(ON1CCN(S(=O)(=O)c2ccccc2)CC1)C(F)(F)F. The van der Waals surface area contributed by atoms with E-state index in [1.54, 1.807) is 18.2 Å². The number of hydrogen-bond acceptors (Lipinski definition) is 5. The summed E-state index contributed by atoms with van der Waals surface area (Å²) in [5, 5.41) is 0.812. The van der Waals surface area contributed by atoms with Crippen LogP contribution in [0.5, 0.6) is 0 Å². The highest BCUT2D eigenvalue weighted by Crippen LogP contribution is 2.20. The van der Waals surface area contributed by atoms with Crippen LogP contribution in [0.25, 0.3) is 0 Å². The van der Waals surface area contributed by atoms with Crippen molar-refractivity contribution in [3.05, 3.63) is 30.3 Å². The van der Waals surface area contributed by atoms with Crippen molar-refractivity contribution in [3.8, 4) is 0 Å². The van der Waals surface area contributed by atoms with Crippen LogP contribution in [-0.4, -0.2) is 56.1 Å². The van der Waals surface area contributed by atoms with E-state index in [2.05, 4.69) is 4.84 Å². The maximum Gasteiger partial charge on any atom is 0.492 e. The van der Waals surface area contributed by atoms with Crippen molar-refractivity contribution < 1.29 is 31.2 Å². The molecule has 0 aromatic heterocycles. The smallest absolute Gasteiger partial charge is 0.361 e. The molecule has 1 aliphatic heterocycles. The first kappa shape index (κ1) is 16.7. The maximum atomic E-state index is 12.3. The first-order valence-corrected chi connectivity index (χ1v) is 7.74. The monoisotopic (exact) mass is 338 g/mol. The third kappa shape index (κ3) is 3.76. The second-order valence-corrected chi connectivity index (χ2v) is 6.46. The number of hydrogen-bond donors (Lipinski definition) is 0. The van der Waals surface area contributed by atoms with E-state index in [4.69, 9.17) is 0 Å². The molecule has 0 saturated carbocycles. The number of nitrogens with zero attached hydrogens (tertiary/aromatic N) is 2. The highest BCUT2D eigenvalue weighted by Gasteiger charge is 2.43. The molecule has 0 unspecified atom stereocenters. The third-order valence-electron chi connectivity index (χ3n) is 3.02. The number of rotatable bonds is 3. The molecule has 1 saturated heterocycles. The van der Waals surface area contributed by atoms with Gasteiger partial charge in [-0.2, -0.15) is 17.5 Å². The standard InChI is InChI=1S/C12H13F3N2O4S/c13-12(14,15)11(18)21-16-6-8-17(9-7-16)22(19,20)10-4-2-1-3-5-10/h1-5H,6-9H2. The number of hydroxylamine groups is 2. The van der Waals surface area contributed by atoms with Gasteiger partial charge in [0.2, 0.25) is 10.0 Å². The van der Waals surface area contributed by atoms with Crippen molar-refractivity contribution in [1.29, 1.82) is 0 Å². The highest BCUT2D eigenvalue weighted by atomic mass is 32.2. The number of sulfonamides is 1. The van der Waals surface area contributed by atoms with Crippen LogP contribution < -0.4 is 0 Å². The Morgan fingerprint density at radius 2 is 1.59 bits per heavy atom. The van der Waals surface area contributed by atoms with Crippen LogP contribution in [0.15, 0.2) is 35.2 Å². The lowest BCUT2D eigenvalue weighted by atomic mass is 10.4. The van der Waals surface area contributed by atoms with Gasteiger partial charge in [0, 0.05) is 26.2 Å². The van der Waals surface area contributed by atoms with Gasteiger partial charge in [-0.15, -0.1) is 5.06 Å². The van der Waals surface area contributed by atoms with E-state index in [1.807, 2.05) is 0 Å². The molecule has 122 valence electrons. The summed E-state index contributed by atoms with van der Waals surface area (Å²) in [6.45, 7) is -0.396. The average molecular weight is 338 g/mol. The van der Waals surface area contributed by atoms with Gasteiger partial charge in [0.05, 0.1) is 4.90 Å². The second kappa shape index (κ2) is 6.23. The van der Waals surface area contributed by atoms with Gasteiger partial charge in [-0.25, -0.2) is 13.2 Å². The van der Waals surface area contributed by atoms with Crippen LogP contribution in [0.2, 0.25) is 0 Å². The second-order valence-electron chi connectivity index (χ2n) is 4.52. The Hall–Kier alpha value is -1.65. The van der Waals surface area contributed by atoms with E-state index in [0.717, 1.165) is 9.37 Å². The van der Waals surface area contributed by atoms with E-state index in [9.17, 15) is 26.4 Å². The molecule has 6 nitrogen and oxygen atoms in total. The number of carbonyl (C=O) groups excluding carboxylic acids is 1. The van der Waals surface area contributed by atoms with Crippen molar-refractivity contribution in [2.75, 3.05) is 26.2 Å². The van der Waals surface area contributed by atoms with Crippen molar-refractivity contribution in [2.24, 2.45) is 0 Å². The molecule has 0 amide bonds. The van der Waals surface area contributed by atoms with Gasteiger partial charge in [0.15, 0.2) is 0 Å². The molecular formula is C12H13F3N2O4S. The lowest BCUT2D eigenvalue weighted by molar-refractivity contribution is -0.241. The predicted octanol–water partition coefficient (Wildman–Crippen LogP) is 1.01. The van der Waals surface area contributed by atoms with Gasteiger partial charge < -0.3 is 4.84 Å². The number of piperazine rings is 1. The molecule has 1 heterocycles. The van der Waals surface area contributed by atoms with Crippen LogP contribution in [0.4, 0.5) is 13.2 Å². The molecule has 0 bridgehead atoms. The molecule has 2 rings (SSSR count). The largest absolute Gasteiger partial charge is 0.492 e. The highest BCUT2D eigenvalue weighted by molar-refractivity contribution is 7.89. The van der Waals surface area contributed by atoms with E-state index >= 15 is 0 Å². The Labute approximate surface area is 125 Å². The van der Waals surface area contributed by atoms with Crippen LogP contribution >= 0.6 is 0 Å².